The number of hydrogen-bond acceptors (Lipinski definition) is 9. The first-order chi connectivity index (χ1) is 19.7. The molecular weight excluding hydrogens is 532 g/mol. The molecule has 1 heterocycles. The van der Waals surface area contributed by atoms with Crippen LogP contribution >= 0.6 is 0 Å². The molecule has 0 atom stereocenters. The Kier molecular flexibility index (Phi) is 10.6. The summed E-state index contributed by atoms with van der Waals surface area (Å²) in [4.78, 5) is 36.2. The highest BCUT2D eigenvalue weighted by Crippen LogP contribution is 2.29. The topological polar surface area (TPSA) is 144 Å². The average molecular weight is 562 g/mol. The van der Waals surface area contributed by atoms with Crippen molar-refractivity contribution < 1.29 is 48.1 Å². The number of aliphatic hydroxyl groups is 1. The van der Waals surface area contributed by atoms with Gasteiger partial charge in [0.1, 0.15) is 11.3 Å². The van der Waals surface area contributed by atoms with Crippen LogP contribution in [0.5, 0.6) is 23.0 Å². The van der Waals surface area contributed by atoms with Gasteiger partial charge < -0.3 is 34.5 Å². The van der Waals surface area contributed by atoms with E-state index in [0.29, 0.717) is 16.7 Å². The largest absolute Gasteiger partial charge is 0.518 e. The number of benzene rings is 2. The normalized spacial score (nSPS) is 11.3. The third kappa shape index (κ3) is 8.99. The Bertz CT molecular complexity index is 1510. The van der Waals surface area contributed by atoms with Gasteiger partial charge in [0.05, 0.1) is 14.2 Å². The number of amides is 1. The van der Waals surface area contributed by atoms with Gasteiger partial charge in [0.25, 0.3) is 12.6 Å². The van der Waals surface area contributed by atoms with Crippen molar-refractivity contribution in [2.24, 2.45) is 0 Å². The highest BCUT2D eigenvalue weighted by atomic mass is 16.7. The van der Waals surface area contributed by atoms with E-state index in [-0.39, 0.29) is 41.4 Å². The van der Waals surface area contributed by atoms with Crippen molar-refractivity contribution in [3.05, 3.63) is 102 Å². The molecule has 2 aromatic carbocycles. The number of rotatable bonds is 11. The van der Waals surface area contributed by atoms with E-state index in [4.69, 9.17) is 18.9 Å². The Labute approximate surface area is 236 Å². The molecule has 0 radical (unpaired) electrons. The maximum Gasteiger partial charge on any atom is 0.518 e. The van der Waals surface area contributed by atoms with Gasteiger partial charge in [-0.1, -0.05) is 24.3 Å². The number of nitrogens with zero attached hydrogens (tertiary/aromatic N) is 1. The lowest BCUT2D eigenvalue weighted by Crippen LogP contribution is -2.37. The molecule has 0 saturated carbocycles. The fourth-order valence-electron chi connectivity index (χ4n) is 3.40. The number of allylic oxidation sites excluding steroid dienone is 3. The van der Waals surface area contributed by atoms with E-state index in [9.17, 15) is 24.6 Å². The van der Waals surface area contributed by atoms with E-state index >= 15 is 0 Å². The number of carbonyl (C=O) groups is 3. The lowest BCUT2D eigenvalue weighted by molar-refractivity contribution is -0.727. The number of ether oxygens (including phenoxy) is 4. The molecule has 0 bridgehead atoms. The molecule has 0 aliphatic rings. The minimum atomic E-state index is -0.984. The molecule has 1 aromatic heterocycles. The predicted molar refractivity (Wildman–Crippen MR) is 149 cm³/mol. The molecule has 3 N–H and O–H groups in total. The van der Waals surface area contributed by atoms with Crippen molar-refractivity contribution in [2.45, 2.75) is 6.73 Å². The monoisotopic (exact) mass is 561 g/mol. The Hall–Kier alpha value is -5.58. The number of carbonyl (C=O) groups excluding carboxylic acids is 3. The van der Waals surface area contributed by atoms with Crippen molar-refractivity contribution in [3.63, 3.8) is 0 Å². The zero-order valence-electron chi connectivity index (χ0n) is 22.6. The Morgan fingerprint density at radius 1 is 0.927 bits per heavy atom. The minimum Gasteiger partial charge on any atom is -0.508 e. The molecule has 11 heteroatoms. The first-order valence-electron chi connectivity index (χ1n) is 12.1. The SMILES string of the molecule is CNC(=O)c1ccc[n+](COC(=O)Oc2ccc(C=CC(O)=CC(=O)C=Cc3ccc(O)c(OC)c3)cc2OC)c1. The molecule has 1 amide bonds. The summed E-state index contributed by atoms with van der Waals surface area (Å²) in [5, 5.41) is 22.3. The van der Waals surface area contributed by atoms with Crippen molar-refractivity contribution in [1.82, 2.24) is 5.32 Å². The lowest BCUT2D eigenvalue weighted by Gasteiger charge is -2.09. The number of phenols is 1. The van der Waals surface area contributed by atoms with Crippen molar-refractivity contribution >= 4 is 30.0 Å². The number of methoxy groups -OCH3 is 2. The van der Waals surface area contributed by atoms with Crippen LogP contribution in [0.15, 0.2) is 84.9 Å². The highest BCUT2D eigenvalue weighted by molar-refractivity contribution is 6.02. The van der Waals surface area contributed by atoms with E-state index < -0.39 is 11.9 Å². The van der Waals surface area contributed by atoms with Crippen LogP contribution in [0.3, 0.4) is 0 Å². The fourth-order valence-corrected chi connectivity index (χ4v) is 3.40. The Morgan fingerprint density at radius 3 is 2.32 bits per heavy atom. The molecule has 0 fully saturated rings. The summed E-state index contributed by atoms with van der Waals surface area (Å²) in [6.45, 7) is -0.185. The van der Waals surface area contributed by atoms with E-state index in [0.717, 1.165) is 6.08 Å². The van der Waals surface area contributed by atoms with Crippen molar-refractivity contribution in [1.29, 1.82) is 0 Å². The predicted octanol–water partition coefficient (Wildman–Crippen LogP) is 3.97. The van der Waals surface area contributed by atoms with Gasteiger partial charge in [-0.2, -0.15) is 4.57 Å². The van der Waals surface area contributed by atoms with Crippen LogP contribution in [-0.4, -0.2) is 49.3 Å². The fraction of sp³-hybridized carbons (Fsp3) is 0.133. The summed E-state index contributed by atoms with van der Waals surface area (Å²) in [6.07, 6.45) is 8.85. The lowest BCUT2D eigenvalue weighted by atomic mass is 10.1. The van der Waals surface area contributed by atoms with Crippen LogP contribution in [-0.2, 0) is 16.3 Å². The Balaban J connectivity index is 1.59. The molecule has 3 aromatic rings. The Morgan fingerprint density at radius 2 is 1.61 bits per heavy atom. The molecule has 41 heavy (non-hydrogen) atoms. The van der Waals surface area contributed by atoms with Gasteiger partial charge in [-0.05, 0) is 53.6 Å². The van der Waals surface area contributed by atoms with Crippen molar-refractivity contribution in [3.8, 4) is 23.0 Å². The molecule has 0 saturated heterocycles. The standard InChI is InChI=1S/C30H28N2O9/c1-31-29(36)22-5-4-14-32(18-22)19-40-30(37)41-26-13-9-21(16-28(26)39-3)7-11-24(34)17-23(33)10-6-20-8-12-25(35)27(15-20)38-2/h4-18H,19H2,1-3H3,(H2-,31,33,34,35,36)/p+1. The van der Waals surface area contributed by atoms with Gasteiger partial charge in [-0.15, -0.1) is 0 Å². The molecule has 3 rings (SSSR count). The molecular formula is C30H29N2O9+. The van der Waals surface area contributed by atoms with Gasteiger partial charge in [0.2, 0.25) is 0 Å². The van der Waals surface area contributed by atoms with Gasteiger partial charge in [0.15, 0.2) is 41.2 Å². The first kappa shape index (κ1) is 30.0. The van der Waals surface area contributed by atoms with Crippen LogP contribution in [0.2, 0.25) is 0 Å². The second kappa shape index (κ2) is 14.5. The molecule has 212 valence electrons. The average Bonchev–Trinajstić information content (AvgIpc) is 2.98. The first-order valence-corrected chi connectivity index (χ1v) is 12.1. The van der Waals surface area contributed by atoms with Crippen LogP contribution < -0.4 is 24.1 Å². The number of nitrogens with one attached hydrogen (secondary N) is 1. The molecule has 0 unspecified atom stereocenters. The van der Waals surface area contributed by atoms with Crippen molar-refractivity contribution in [2.75, 3.05) is 21.3 Å². The summed E-state index contributed by atoms with van der Waals surface area (Å²) in [6, 6.07) is 12.5. The number of aromatic hydroxyl groups is 1. The van der Waals surface area contributed by atoms with E-state index in [1.54, 1.807) is 42.6 Å². The summed E-state index contributed by atoms with van der Waals surface area (Å²) >= 11 is 0. The van der Waals surface area contributed by atoms with E-state index in [1.807, 2.05) is 0 Å². The minimum absolute atomic E-state index is 0.0180. The van der Waals surface area contributed by atoms with Crippen LogP contribution in [0.25, 0.3) is 12.2 Å². The number of aliphatic hydroxyl groups excluding tert-OH is 1. The van der Waals surface area contributed by atoms with Crippen LogP contribution in [0.4, 0.5) is 4.79 Å². The van der Waals surface area contributed by atoms with E-state index in [2.05, 4.69) is 5.32 Å². The van der Waals surface area contributed by atoms with Gasteiger partial charge in [-0.3, -0.25) is 9.59 Å². The quantitative estimate of drug-likeness (QED) is 0.0791. The second-order valence-electron chi connectivity index (χ2n) is 8.29. The number of ketones is 1. The molecule has 0 spiro atoms. The van der Waals surface area contributed by atoms with Crippen LogP contribution in [0, 0.1) is 0 Å². The number of pyridine rings is 1. The maximum absolute atomic E-state index is 12.2. The van der Waals surface area contributed by atoms with E-state index in [1.165, 1.54) is 68.5 Å². The third-order valence-electron chi connectivity index (χ3n) is 5.44. The maximum atomic E-state index is 12.2. The summed E-state index contributed by atoms with van der Waals surface area (Å²) < 4.78 is 22.2. The zero-order valence-corrected chi connectivity index (χ0v) is 22.6. The molecule has 0 aliphatic heterocycles. The molecule has 0 aliphatic carbocycles. The second-order valence-corrected chi connectivity index (χ2v) is 8.29. The third-order valence-corrected chi connectivity index (χ3v) is 5.44. The van der Waals surface area contributed by atoms with Crippen LogP contribution in [0.1, 0.15) is 21.5 Å². The highest BCUT2D eigenvalue weighted by Gasteiger charge is 2.15. The van der Waals surface area contributed by atoms with Gasteiger partial charge in [0, 0.05) is 19.2 Å². The zero-order chi connectivity index (χ0) is 29.8. The number of aromatic nitrogens is 1. The van der Waals surface area contributed by atoms with Gasteiger partial charge >= 0.3 is 6.16 Å². The number of phenolic OH excluding ortho intramolecular Hbond substituents is 1. The summed E-state index contributed by atoms with van der Waals surface area (Å²) in [5.41, 5.74) is 1.61. The smallest absolute Gasteiger partial charge is 0.508 e. The van der Waals surface area contributed by atoms with Gasteiger partial charge in [-0.25, -0.2) is 4.79 Å². The number of hydrogen-bond donors (Lipinski definition) is 3. The molecule has 11 nitrogen and oxygen atoms in total. The summed E-state index contributed by atoms with van der Waals surface area (Å²) in [7, 11) is 4.33. The summed E-state index contributed by atoms with van der Waals surface area (Å²) in [5.74, 6) is -0.444.